The van der Waals surface area contributed by atoms with Gasteiger partial charge in [0.1, 0.15) is 11.9 Å². The number of halogens is 1. The van der Waals surface area contributed by atoms with E-state index in [1.165, 1.54) is 18.4 Å². The van der Waals surface area contributed by atoms with Crippen LogP contribution in [0.1, 0.15) is 30.8 Å². The van der Waals surface area contributed by atoms with Gasteiger partial charge in [-0.25, -0.2) is 4.39 Å². The van der Waals surface area contributed by atoms with E-state index >= 15 is 0 Å². The number of anilines is 2. The number of hydrogen-bond acceptors (Lipinski definition) is 4. The van der Waals surface area contributed by atoms with E-state index in [0.717, 1.165) is 18.7 Å². The molecule has 2 amide bonds. The highest BCUT2D eigenvalue weighted by atomic mass is 19.1. The summed E-state index contributed by atoms with van der Waals surface area (Å²) in [6, 6.07) is 6.86. The van der Waals surface area contributed by atoms with E-state index in [9.17, 15) is 14.0 Å². The lowest BCUT2D eigenvalue weighted by molar-refractivity contribution is -0.121. The second kappa shape index (κ2) is 7.82. The van der Waals surface area contributed by atoms with Crippen molar-refractivity contribution in [2.45, 2.75) is 26.3 Å². The van der Waals surface area contributed by atoms with Crippen LogP contribution in [0.4, 0.5) is 15.8 Å². The first-order chi connectivity index (χ1) is 12.9. The SMILES string of the molecule is CC(C)C(NC(=O)c1ccco1)C(=O)N1CCCN(C)c2ccc(F)cc21. The minimum atomic E-state index is -0.748. The van der Waals surface area contributed by atoms with Gasteiger partial charge in [0.15, 0.2) is 5.76 Å². The van der Waals surface area contributed by atoms with Crippen LogP contribution in [0.2, 0.25) is 0 Å². The van der Waals surface area contributed by atoms with Gasteiger partial charge in [0.05, 0.1) is 17.6 Å². The van der Waals surface area contributed by atoms with E-state index in [0.29, 0.717) is 12.2 Å². The molecule has 1 aromatic heterocycles. The Hall–Kier alpha value is -2.83. The van der Waals surface area contributed by atoms with Gasteiger partial charge >= 0.3 is 0 Å². The number of carbonyl (C=O) groups is 2. The van der Waals surface area contributed by atoms with Crippen molar-refractivity contribution in [1.29, 1.82) is 0 Å². The maximum absolute atomic E-state index is 13.9. The van der Waals surface area contributed by atoms with Crippen LogP contribution in [0, 0.1) is 11.7 Å². The number of nitrogens with one attached hydrogen (secondary N) is 1. The molecule has 0 fully saturated rings. The molecule has 1 unspecified atom stereocenters. The highest BCUT2D eigenvalue weighted by Gasteiger charge is 2.32. The van der Waals surface area contributed by atoms with E-state index in [2.05, 4.69) is 5.32 Å². The van der Waals surface area contributed by atoms with Crippen molar-refractivity contribution in [3.8, 4) is 0 Å². The Kier molecular flexibility index (Phi) is 5.48. The summed E-state index contributed by atoms with van der Waals surface area (Å²) in [5.74, 6) is -1.10. The molecule has 144 valence electrons. The summed E-state index contributed by atoms with van der Waals surface area (Å²) >= 11 is 0. The van der Waals surface area contributed by atoms with Gasteiger partial charge in [-0.1, -0.05) is 13.8 Å². The molecule has 2 aromatic rings. The van der Waals surface area contributed by atoms with Crippen LogP contribution in [-0.4, -0.2) is 38.0 Å². The lowest BCUT2D eigenvalue weighted by atomic mass is 10.0. The molecule has 0 saturated heterocycles. The molecule has 1 atom stereocenters. The van der Waals surface area contributed by atoms with Crippen LogP contribution in [0.5, 0.6) is 0 Å². The second-order valence-electron chi connectivity index (χ2n) is 7.07. The van der Waals surface area contributed by atoms with E-state index in [1.54, 1.807) is 23.1 Å². The summed E-state index contributed by atoms with van der Waals surface area (Å²) in [6.45, 7) is 4.94. The van der Waals surface area contributed by atoms with Crippen molar-refractivity contribution >= 4 is 23.2 Å². The first-order valence-electron chi connectivity index (χ1n) is 9.05. The average molecular weight is 373 g/mol. The Labute approximate surface area is 157 Å². The Bertz CT molecular complexity index is 820. The normalized spacial score (nSPS) is 15.3. The number of nitrogens with zero attached hydrogens (tertiary/aromatic N) is 2. The molecule has 0 radical (unpaired) electrons. The van der Waals surface area contributed by atoms with Crippen molar-refractivity contribution in [3.05, 3.63) is 48.2 Å². The van der Waals surface area contributed by atoms with Crippen LogP contribution in [0.25, 0.3) is 0 Å². The van der Waals surface area contributed by atoms with Crippen molar-refractivity contribution in [2.75, 3.05) is 29.9 Å². The average Bonchev–Trinajstić information content (AvgIpc) is 3.11. The number of amides is 2. The molecule has 0 saturated carbocycles. The molecule has 0 spiro atoms. The predicted octanol–water partition coefficient (Wildman–Crippen LogP) is 3.05. The van der Waals surface area contributed by atoms with Crippen molar-refractivity contribution in [2.24, 2.45) is 5.92 Å². The monoisotopic (exact) mass is 373 g/mol. The summed E-state index contributed by atoms with van der Waals surface area (Å²) < 4.78 is 19.0. The Morgan fingerprint density at radius 1 is 1.19 bits per heavy atom. The zero-order chi connectivity index (χ0) is 19.6. The summed E-state index contributed by atoms with van der Waals surface area (Å²) in [5, 5.41) is 2.76. The first kappa shape index (κ1) is 18.9. The second-order valence-corrected chi connectivity index (χ2v) is 7.07. The largest absolute Gasteiger partial charge is 0.459 e. The van der Waals surface area contributed by atoms with E-state index < -0.39 is 17.8 Å². The molecule has 3 rings (SSSR count). The number of hydrogen-bond donors (Lipinski definition) is 1. The van der Waals surface area contributed by atoms with Crippen LogP contribution in [0.3, 0.4) is 0 Å². The van der Waals surface area contributed by atoms with Gasteiger partial charge in [-0.05, 0) is 42.7 Å². The van der Waals surface area contributed by atoms with E-state index in [-0.39, 0.29) is 17.6 Å². The number of carbonyl (C=O) groups excluding carboxylic acids is 2. The van der Waals surface area contributed by atoms with Gasteiger partial charge in [-0.3, -0.25) is 9.59 Å². The van der Waals surface area contributed by atoms with Gasteiger partial charge in [0.2, 0.25) is 5.91 Å². The zero-order valence-corrected chi connectivity index (χ0v) is 15.7. The first-order valence-corrected chi connectivity index (χ1v) is 9.05. The lowest BCUT2D eigenvalue weighted by Crippen LogP contribution is -2.51. The minimum Gasteiger partial charge on any atom is -0.459 e. The van der Waals surface area contributed by atoms with Gasteiger partial charge in [0.25, 0.3) is 5.91 Å². The van der Waals surface area contributed by atoms with E-state index in [4.69, 9.17) is 4.42 Å². The fourth-order valence-corrected chi connectivity index (χ4v) is 3.27. The third kappa shape index (κ3) is 3.97. The summed E-state index contributed by atoms with van der Waals surface area (Å²) in [4.78, 5) is 29.3. The van der Waals surface area contributed by atoms with Gasteiger partial charge < -0.3 is 19.5 Å². The summed E-state index contributed by atoms with van der Waals surface area (Å²) in [6.07, 6.45) is 2.15. The standard InChI is InChI=1S/C20H24FN3O3/c1-13(2)18(22-19(25)17-6-4-11-27-17)20(26)24-10-5-9-23(3)15-8-7-14(21)12-16(15)24/h4,6-8,11-13,18H,5,9-10H2,1-3H3,(H,22,25). The van der Waals surface area contributed by atoms with Crippen molar-refractivity contribution in [1.82, 2.24) is 5.32 Å². The highest BCUT2D eigenvalue weighted by Crippen LogP contribution is 2.33. The van der Waals surface area contributed by atoms with Crippen molar-refractivity contribution in [3.63, 3.8) is 0 Å². The van der Waals surface area contributed by atoms with Crippen LogP contribution in [-0.2, 0) is 4.79 Å². The molecule has 1 aromatic carbocycles. The molecule has 1 aliphatic heterocycles. The molecule has 0 bridgehead atoms. The third-order valence-corrected chi connectivity index (χ3v) is 4.75. The molecule has 1 aliphatic rings. The minimum absolute atomic E-state index is 0.144. The number of benzene rings is 1. The third-order valence-electron chi connectivity index (χ3n) is 4.75. The van der Waals surface area contributed by atoms with Gasteiger partial charge in [-0.15, -0.1) is 0 Å². The predicted molar refractivity (Wildman–Crippen MR) is 101 cm³/mol. The highest BCUT2D eigenvalue weighted by molar-refractivity contribution is 6.03. The fraction of sp³-hybridized carbons (Fsp3) is 0.400. The van der Waals surface area contributed by atoms with Crippen LogP contribution >= 0.6 is 0 Å². The Balaban J connectivity index is 1.90. The summed E-state index contributed by atoms with van der Waals surface area (Å²) in [7, 11) is 1.92. The van der Waals surface area contributed by atoms with E-state index in [1.807, 2.05) is 25.8 Å². The summed E-state index contributed by atoms with van der Waals surface area (Å²) in [5.41, 5.74) is 1.32. The molecular formula is C20H24FN3O3. The molecule has 7 heteroatoms. The van der Waals surface area contributed by atoms with Crippen LogP contribution < -0.4 is 15.1 Å². The maximum atomic E-state index is 13.9. The number of furan rings is 1. The quantitative estimate of drug-likeness (QED) is 0.895. The number of rotatable bonds is 4. The smallest absolute Gasteiger partial charge is 0.287 e. The van der Waals surface area contributed by atoms with Crippen molar-refractivity contribution < 1.29 is 18.4 Å². The molecule has 2 heterocycles. The molecule has 1 N–H and O–H groups in total. The lowest BCUT2D eigenvalue weighted by Gasteiger charge is -2.30. The molecular weight excluding hydrogens is 349 g/mol. The Morgan fingerprint density at radius 3 is 2.63 bits per heavy atom. The molecule has 27 heavy (non-hydrogen) atoms. The topological polar surface area (TPSA) is 65.8 Å². The van der Waals surface area contributed by atoms with Gasteiger partial charge in [-0.2, -0.15) is 0 Å². The molecule has 0 aliphatic carbocycles. The maximum Gasteiger partial charge on any atom is 0.287 e. The number of fused-ring (bicyclic) bond motifs is 1. The molecule has 6 nitrogen and oxygen atoms in total. The fourth-order valence-electron chi connectivity index (χ4n) is 3.27. The van der Waals surface area contributed by atoms with Gasteiger partial charge in [0, 0.05) is 20.1 Å². The Morgan fingerprint density at radius 2 is 1.96 bits per heavy atom. The van der Waals surface area contributed by atoms with Crippen LogP contribution in [0.15, 0.2) is 41.0 Å². The zero-order valence-electron chi connectivity index (χ0n) is 15.7.